The quantitative estimate of drug-likeness (QED) is 0.189. The molecule has 0 saturated carbocycles. The van der Waals surface area contributed by atoms with E-state index in [4.69, 9.17) is 23.8 Å². The minimum Gasteiger partial charge on any atom is -0.456 e. The van der Waals surface area contributed by atoms with Gasteiger partial charge in [-0.1, -0.05) is 84.9 Å². The van der Waals surface area contributed by atoms with Gasteiger partial charge in [-0.2, -0.15) is 0 Å². The molecule has 4 aromatic heterocycles. The van der Waals surface area contributed by atoms with Crippen LogP contribution in [0.4, 0.5) is 0 Å². The minimum atomic E-state index is -0.0560. The molecule has 0 aliphatic rings. The number of nitrogens with zero attached hydrogens (tertiary/aromatic N) is 5. The average molecular weight is 650 g/mol. The zero-order chi connectivity index (χ0) is 33.5. The van der Waals surface area contributed by atoms with Crippen molar-refractivity contribution in [1.29, 1.82) is 0 Å². The Bertz CT molecular complexity index is 3040. The van der Waals surface area contributed by atoms with Gasteiger partial charge in [-0.25, -0.2) is 19.7 Å². The van der Waals surface area contributed by atoms with E-state index in [0.717, 1.165) is 82.7 Å². The number of furan rings is 2. The van der Waals surface area contributed by atoms with E-state index in [1.54, 1.807) is 23.2 Å². The van der Waals surface area contributed by atoms with Crippen molar-refractivity contribution >= 4 is 54.9 Å². The smallest absolute Gasteiger partial charge is 0.328 e. The Morgan fingerprint density at radius 3 is 1.96 bits per heavy atom. The summed E-state index contributed by atoms with van der Waals surface area (Å²) in [4.78, 5) is 27.8. The molecule has 0 amide bonds. The second-order valence-corrected chi connectivity index (χ2v) is 12.6. The van der Waals surface area contributed by atoms with Crippen LogP contribution >= 0.6 is 0 Å². The maximum atomic E-state index is 12.6. The molecule has 10 rings (SSSR count). The molecule has 0 radical (unpaired) electrons. The molecule has 8 nitrogen and oxygen atoms in total. The van der Waals surface area contributed by atoms with Crippen LogP contribution in [0.5, 0.6) is 0 Å². The molecule has 0 aliphatic heterocycles. The van der Waals surface area contributed by atoms with Crippen LogP contribution in [0.2, 0.25) is 0 Å². The molecule has 10 aromatic rings. The highest BCUT2D eigenvalue weighted by Crippen LogP contribution is 2.40. The lowest BCUT2D eigenvalue weighted by Gasteiger charge is -2.10. The van der Waals surface area contributed by atoms with Crippen molar-refractivity contribution in [2.24, 2.45) is 14.1 Å². The average Bonchev–Trinajstić information content (AvgIpc) is 3.79. The monoisotopic (exact) mass is 649 g/mol. The van der Waals surface area contributed by atoms with E-state index in [-0.39, 0.29) is 5.69 Å². The van der Waals surface area contributed by atoms with E-state index in [9.17, 15) is 4.79 Å². The van der Waals surface area contributed by atoms with Gasteiger partial charge in [-0.05, 0) is 53.6 Å². The number of fused-ring (bicyclic) bond motifs is 7. The fourth-order valence-corrected chi connectivity index (χ4v) is 7.10. The first-order chi connectivity index (χ1) is 24.5. The Morgan fingerprint density at radius 2 is 1.08 bits per heavy atom. The molecular formula is C42H27N5O3. The molecule has 6 aromatic carbocycles. The third-order valence-electron chi connectivity index (χ3n) is 9.63. The van der Waals surface area contributed by atoms with Crippen molar-refractivity contribution in [3.8, 4) is 45.3 Å². The lowest BCUT2D eigenvalue weighted by molar-refractivity contribution is 0.664. The molecule has 0 saturated heterocycles. The Hall–Kier alpha value is -6.80. The summed E-state index contributed by atoms with van der Waals surface area (Å²) in [5.41, 5.74) is 9.39. The first-order valence-corrected chi connectivity index (χ1v) is 16.3. The topological polar surface area (TPSA) is 91.9 Å². The molecule has 238 valence electrons. The van der Waals surface area contributed by atoms with Gasteiger partial charge in [0.25, 0.3) is 0 Å². The molecule has 0 spiro atoms. The van der Waals surface area contributed by atoms with E-state index < -0.39 is 0 Å². The number of rotatable bonds is 4. The minimum absolute atomic E-state index is 0.0560. The number of para-hydroxylation sites is 1. The van der Waals surface area contributed by atoms with Gasteiger partial charge in [-0.15, -0.1) is 0 Å². The molecular weight excluding hydrogens is 622 g/mol. The number of aromatic nitrogens is 5. The standard InChI is InChI=1S/C42H27N5O3/c1-46-32-19-18-26(21-33(32)47(2)42(46)48)25-12-8-13-27(20-25)40-43-39(24-10-4-3-5-11-24)44-41(45-40)29-15-9-17-35-38(29)31-23-36-30(22-37(31)50-35)28-14-6-7-16-34(28)49-36/h3-23H,1-2H3. The summed E-state index contributed by atoms with van der Waals surface area (Å²) >= 11 is 0. The second kappa shape index (κ2) is 10.6. The first kappa shape index (κ1) is 28.2. The summed E-state index contributed by atoms with van der Waals surface area (Å²) in [6, 6.07) is 42.3. The van der Waals surface area contributed by atoms with E-state index in [1.165, 1.54) is 0 Å². The van der Waals surface area contributed by atoms with Crippen molar-refractivity contribution < 1.29 is 8.83 Å². The number of benzene rings is 6. The van der Waals surface area contributed by atoms with Crippen molar-refractivity contribution in [1.82, 2.24) is 24.1 Å². The van der Waals surface area contributed by atoms with Crippen LogP contribution < -0.4 is 5.69 Å². The Kier molecular flexibility index (Phi) is 5.99. The maximum Gasteiger partial charge on any atom is 0.328 e. The fraction of sp³-hybridized carbons (Fsp3) is 0.0476. The highest BCUT2D eigenvalue weighted by molar-refractivity contribution is 6.17. The third kappa shape index (κ3) is 4.25. The van der Waals surface area contributed by atoms with Crippen LogP contribution in [-0.4, -0.2) is 24.1 Å². The summed E-state index contributed by atoms with van der Waals surface area (Å²) < 4.78 is 16.0. The van der Waals surface area contributed by atoms with Gasteiger partial charge < -0.3 is 8.83 Å². The maximum absolute atomic E-state index is 12.6. The van der Waals surface area contributed by atoms with E-state index >= 15 is 0 Å². The number of hydrogen-bond donors (Lipinski definition) is 0. The van der Waals surface area contributed by atoms with E-state index in [0.29, 0.717) is 17.5 Å². The lowest BCUT2D eigenvalue weighted by atomic mass is 10.0. The molecule has 0 atom stereocenters. The van der Waals surface area contributed by atoms with Crippen molar-refractivity contribution in [2.75, 3.05) is 0 Å². The largest absolute Gasteiger partial charge is 0.456 e. The first-order valence-electron chi connectivity index (χ1n) is 16.3. The molecule has 8 heteroatoms. The summed E-state index contributed by atoms with van der Waals surface area (Å²) in [5, 5.41) is 3.90. The highest BCUT2D eigenvalue weighted by atomic mass is 16.3. The zero-order valence-corrected chi connectivity index (χ0v) is 27.1. The highest BCUT2D eigenvalue weighted by Gasteiger charge is 2.20. The van der Waals surface area contributed by atoms with Crippen LogP contribution in [0.15, 0.2) is 141 Å². The normalized spacial score (nSPS) is 11.9. The Morgan fingerprint density at radius 1 is 0.460 bits per heavy atom. The number of imidazole rings is 1. The Labute approximate surface area is 284 Å². The molecule has 0 N–H and O–H groups in total. The van der Waals surface area contributed by atoms with Crippen molar-refractivity contribution in [2.45, 2.75) is 0 Å². The van der Waals surface area contributed by atoms with Crippen LogP contribution in [0, 0.1) is 0 Å². The third-order valence-corrected chi connectivity index (χ3v) is 9.63. The summed E-state index contributed by atoms with van der Waals surface area (Å²) in [6.07, 6.45) is 0. The summed E-state index contributed by atoms with van der Waals surface area (Å²) in [5.74, 6) is 1.66. The SMILES string of the molecule is Cn1c(=O)n(C)c2cc(-c3cccc(-c4nc(-c5ccccc5)nc(-c5cccc6oc7cc8c(cc7c56)oc5ccccc58)n4)c3)ccc21. The van der Waals surface area contributed by atoms with Crippen LogP contribution in [0.3, 0.4) is 0 Å². The number of hydrogen-bond acceptors (Lipinski definition) is 6. The fourth-order valence-electron chi connectivity index (χ4n) is 7.10. The molecule has 0 unspecified atom stereocenters. The lowest BCUT2D eigenvalue weighted by Crippen LogP contribution is -2.19. The van der Waals surface area contributed by atoms with Crippen molar-refractivity contribution in [3.05, 3.63) is 138 Å². The Balaban J connectivity index is 1.17. The van der Waals surface area contributed by atoms with Crippen molar-refractivity contribution in [3.63, 3.8) is 0 Å². The molecule has 0 fully saturated rings. The molecule has 4 heterocycles. The van der Waals surface area contributed by atoms with Gasteiger partial charge in [0.15, 0.2) is 17.5 Å². The van der Waals surface area contributed by atoms with Gasteiger partial charge in [0, 0.05) is 52.3 Å². The van der Waals surface area contributed by atoms with Gasteiger partial charge >= 0.3 is 5.69 Å². The molecule has 50 heavy (non-hydrogen) atoms. The zero-order valence-electron chi connectivity index (χ0n) is 27.1. The van der Waals surface area contributed by atoms with Gasteiger partial charge in [0.1, 0.15) is 22.3 Å². The predicted octanol–water partition coefficient (Wildman–Crippen LogP) is 9.53. The van der Waals surface area contributed by atoms with Gasteiger partial charge in [0.2, 0.25) is 0 Å². The number of aryl methyl sites for hydroxylation is 2. The van der Waals surface area contributed by atoms with Gasteiger partial charge in [-0.3, -0.25) is 9.13 Å². The van der Waals surface area contributed by atoms with E-state index in [2.05, 4.69) is 30.3 Å². The molecule has 0 aliphatic carbocycles. The van der Waals surface area contributed by atoms with E-state index in [1.807, 2.05) is 97.1 Å². The molecule has 0 bridgehead atoms. The second-order valence-electron chi connectivity index (χ2n) is 12.6. The predicted molar refractivity (Wildman–Crippen MR) is 198 cm³/mol. The summed E-state index contributed by atoms with van der Waals surface area (Å²) in [7, 11) is 3.59. The van der Waals surface area contributed by atoms with Crippen LogP contribution in [0.25, 0.3) is 100 Å². The van der Waals surface area contributed by atoms with Crippen LogP contribution in [-0.2, 0) is 14.1 Å². The van der Waals surface area contributed by atoms with Crippen LogP contribution in [0.1, 0.15) is 0 Å². The summed E-state index contributed by atoms with van der Waals surface area (Å²) in [6.45, 7) is 0. The van der Waals surface area contributed by atoms with Gasteiger partial charge in [0.05, 0.1) is 11.0 Å².